The highest BCUT2D eigenvalue weighted by Crippen LogP contribution is 2.23. The molecule has 0 fully saturated rings. The molecule has 0 bridgehead atoms. The minimum atomic E-state index is -0.634. The van der Waals surface area contributed by atoms with Gasteiger partial charge in [0.2, 0.25) is 11.8 Å². The summed E-state index contributed by atoms with van der Waals surface area (Å²) in [6.45, 7) is 4.67. The Kier molecular flexibility index (Phi) is 9.60. The molecule has 2 rings (SSSR count). The van der Waals surface area contributed by atoms with E-state index >= 15 is 0 Å². The van der Waals surface area contributed by atoms with Crippen LogP contribution < -0.4 is 5.32 Å². The van der Waals surface area contributed by atoms with Crippen molar-refractivity contribution in [1.29, 1.82) is 0 Å². The summed E-state index contributed by atoms with van der Waals surface area (Å²) in [5.74, 6) is -0.779. The van der Waals surface area contributed by atoms with Gasteiger partial charge in [0.25, 0.3) is 0 Å². The fraction of sp³-hybridized carbons (Fsp3) is 0.391. The van der Waals surface area contributed by atoms with Crippen molar-refractivity contribution in [3.8, 4) is 0 Å². The first-order valence-corrected chi connectivity index (χ1v) is 10.9. The van der Waals surface area contributed by atoms with Crippen LogP contribution in [0, 0.1) is 5.82 Å². The maximum atomic E-state index is 13.3. The summed E-state index contributed by atoms with van der Waals surface area (Å²) >= 11 is 12.2. The van der Waals surface area contributed by atoms with Gasteiger partial charge in [-0.2, -0.15) is 0 Å². The topological polar surface area (TPSA) is 49.4 Å². The number of unbranched alkanes of at least 4 members (excludes halogenated alkanes) is 1. The van der Waals surface area contributed by atoms with Gasteiger partial charge in [-0.05, 0) is 48.2 Å². The average Bonchev–Trinajstić information content (AvgIpc) is 2.71. The molecule has 0 aliphatic heterocycles. The van der Waals surface area contributed by atoms with Crippen molar-refractivity contribution in [2.45, 2.75) is 52.1 Å². The molecule has 0 aromatic heterocycles. The summed E-state index contributed by atoms with van der Waals surface area (Å²) < 4.78 is 13.3. The number of benzene rings is 2. The van der Waals surface area contributed by atoms with Crippen molar-refractivity contribution < 1.29 is 14.0 Å². The van der Waals surface area contributed by atoms with E-state index in [-0.39, 0.29) is 30.6 Å². The number of hydrogen-bond donors (Lipinski definition) is 1. The predicted molar refractivity (Wildman–Crippen MR) is 119 cm³/mol. The first kappa shape index (κ1) is 24.2. The fourth-order valence-electron chi connectivity index (χ4n) is 3.14. The average molecular weight is 453 g/mol. The largest absolute Gasteiger partial charge is 0.354 e. The van der Waals surface area contributed by atoms with E-state index in [1.807, 2.05) is 13.8 Å². The third-order valence-corrected chi connectivity index (χ3v) is 5.43. The molecule has 2 aromatic carbocycles. The van der Waals surface area contributed by atoms with E-state index in [0.717, 1.165) is 18.4 Å². The lowest BCUT2D eigenvalue weighted by molar-refractivity contribution is -0.140. The van der Waals surface area contributed by atoms with Crippen LogP contribution in [0.25, 0.3) is 0 Å². The highest BCUT2D eigenvalue weighted by molar-refractivity contribution is 6.35. The molecule has 0 heterocycles. The van der Waals surface area contributed by atoms with Crippen molar-refractivity contribution in [3.63, 3.8) is 0 Å². The molecule has 0 saturated carbocycles. The first-order valence-electron chi connectivity index (χ1n) is 10.1. The molecule has 1 N–H and O–H groups in total. The van der Waals surface area contributed by atoms with Crippen LogP contribution >= 0.6 is 23.2 Å². The molecule has 0 aliphatic rings. The van der Waals surface area contributed by atoms with E-state index in [1.165, 1.54) is 12.1 Å². The summed E-state index contributed by atoms with van der Waals surface area (Å²) in [5.41, 5.74) is 1.38. The number of carbonyl (C=O) groups is 2. The van der Waals surface area contributed by atoms with Crippen molar-refractivity contribution in [3.05, 3.63) is 69.5 Å². The number of nitrogens with one attached hydrogen (secondary N) is 1. The Bertz CT molecular complexity index is 859. The van der Waals surface area contributed by atoms with Crippen molar-refractivity contribution in [2.75, 3.05) is 6.54 Å². The Morgan fingerprint density at radius 3 is 2.40 bits per heavy atom. The molecule has 0 aliphatic carbocycles. The van der Waals surface area contributed by atoms with Gasteiger partial charge < -0.3 is 10.2 Å². The van der Waals surface area contributed by atoms with Crippen LogP contribution in [-0.2, 0) is 22.6 Å². The van der Waals surface area contributed by atoms with E-state index in [0.29, 0.717) is 28.6 Å². The van der Waals surface area contributed by atoms with Gasteiger partial charge in [0.15, 0.2) is 0 Å². The standard InChI is InChI=1S/C23H27Cl2FN2O2/c1-3-5-12-27-23(30)21(4-2)28(15-16-6-10-19(26)11-7-16)22(29)13-17-8-9-18(24)14-20(17)25/h6-11,14,21H,3-5,12-13,15H2,1-2H3,(H,27,30). The van der Waals surface area contributed by atoms with Gasteiger partial charge in [-0.3, -0.25) is 9.59 Å². The summed E-state index contributed by atoms with van der Waals surface area (Å²) in [4.78, 5) is 27.6. The number of halogens is 3. The molecule has 1 atom stereocenters. The Morgan fingerprint density at radius 1 is 1.10 bits per heavy atom. The van der Waals surface area contributed by atoms with Gasteiger partial charge >= 0.3 is 0 Å². The lowest BCUT2D eigenvalue weighted by Crippen LogP contribution is -2.49. The van der Waals surface area contributed by atoms with Crippen molar-refractivity contribution >= 4 is 35.0 Å². The maximum absolute atomic E-state index is 13.3. The van der Waals surface area contributed by atoms with Gasteiger partial charge in [0.05, 0.1) is 6.42 Å². The molecule has 162 valence electrons. The van der Waals surface area contributed by atoms with Gasteiger partial charge in [0.1, 0.15) is 11.9 Å². The quantitative estimate of drug-likeness (QED) is 0.490. The smallest absolute Gasteiger partial charge is 0.242 e. The summed E-state index contributed by atoms with van der Waals surface area (Å²) in [6.07, 6.45) is 2.33. The third kappa shape index (κ3) is 6.99. The zero-order chi connectivity index (χ0) is 22.1. The van der Waals surface area contributed by atoms with Gasteiger partial charge in [0, 0.05) is 23.1 Å². The fourth-order valence-corrected chi connectivity index (χ4v) is 3.62. The van der Waals surface area contributed by atoms with Gasteiger partial charge in [-0.1, -0.05) is 61.7 Å². The zero-order valence-electron chi connectivity index (χ0n) is 17.3. The Hall–Kier alpha value is -2.11. The van der Waals surface area contributed by atoms with E-state index in [4.69, 9.17) is 23.2 Å². The normalized spacial score (nSPS) is 11.8. The molecule has 7 heteroatoms. The molecule has 30 heavy (non-hydrogen) atoms. The van der Waals surface area contributed by atoms with E-state index in [2.05, 4.69) is 5.32 Å². The lowest BCUT2D eigenvalue weighted by atomic mass is 10.1. The van der Waals surface area contributed by atoms with Crippen LogP contribution in [0.1, 0.15) is 44.2 Å². The van der Waals surface area contributed by atoms with Gasteiger partial charge in [-0.25, -0.2) is 4.39 Å². The summed E-state index contributed by atoms with van der Waals surface area (Å²) in [7, 11) is 0. The third-order valence-electron chi connectivity index (χ3n) is 4.84. The summed E-state index contributed by atoms with van der Waals surface area (Å²) in [5, 5.41) is 3.80. The maximum Gasteiger partial charge on any atom is 0.242 e. The van der Waals surface area contributed by atoms with E-state index in [9.17, 15) is 14.0 Å². The minimum absolute atomic E-state index is 0.0376. The Balaban J connectivity index is 2.26. The molecular formula is C23H27Cl2FN2O2. The minimum Gasteiger partial charge on any atom is -0.354 e. The SMILES string of the molecule is CCCCNC(=O)C(CC)N(Cc1ccc(F)cc1)C(=O)Cc1ccc(Cl)cc1Cl. The Morgan fingerprint density at radius 2 is 1.80 bits per heavy atom. The molecule has 0 spiro atoms. The van der Waals surface area contributed by atoms with Crippen LogP contribution in [-0.4, -0.2) is 29.3 Å². The van der Waals surface area contributed by atoms with Crippen LogP contribution in [0.2, 0.25) is 10.0 Å². The second-order valence-corrected chi connectivity index (χ2v) is 7.97. The van der Waals surface area contributed by atoms with Crippen LogP contribution in [0.5, 0.6) is 0 Å². The highest BCUT2D eigenvalue weighted by atomic mass is 35.5. The van der Waals surface area contributed by atoms with E-state index < -0.39 is 6.04 Å². The molecule has 1 unspecified atom stereocenters. The second-order valence-electron chi connectivity index (χ2n) is 7.13. The van der Waals surface area contributed by atoms with Gasteiger partial charge in [-0.15, -0.1) is 0 Å². The van der Waals surface area contributed by atoms with Crippen molar-refractivity contribution in [1.82, 2.24) is 10.2 Å². The van der Waals surface area contributed by atoms with Crippen LogP contribution in [0.4, 0.5) is 4.39 Å². The number of carbonyl (C=O) groups excluding carboxylic acids is 2. The Labute approximate surface area is 187 Å². The number of nitrogens with zero attached hydrogens (tertiary/aromatic N) is 1. The predicted octanol–water partition coefficient (Wildman–Crippen LogP) is 5.40. The molecule has 4 nitrogen and oxygen atoms in total. The zero-order valence-corrected chi connectivity index (χ0v) is 18.8. The van der Waals surface area contributed by atoms with Crippen molar-refractivity contribution in [2.24, 2.45) is 0 Å². The molecule has 0 saturated heterocycles. The summed E-state index contributed by atoms with van der Waals surface area (Å²) in [6, 6.07) is 10.3. The molecular weight excluding hydrogens is 426 g/mol. The molecule has 0 radical (unpaired) electrons. The van der Waals surface area contributed by atoms with E-state index in [1.54, 1.807) is 35.2 Å². The number of hydrogen-bond acceptors (Lipinski definition) is 2. The second kappa shape index (κ2) is 11.9. The lowest BCUT2D eigenvalue weighted by Gasteiger charge is -2.31. The molecule has 2 aromatic rings. The van der Waals surface area contributed by atoms with Crippen LogP contribution in [0.15, 0.2) is 42.5 Å². The number of rotatable bonds is 10. The van der Waals surface area contributed by atoms with Crippen LogP contribution in [0.3, 0.4) is 0 Å². The number of amides is 2. The highest BCUT2D eigenvalue weighted by Gasteiger charge is 2.28. The monoisotopic (exact) mass is 452 g/mol. The first-order chi connectivity index (χ1) is 14.3. The molecule has 2 amide bonds.